The number of fused-ring (bicyclic) bond motifs is 2. The number of benzene rings is 4. The fourth-order valence-electron chi connectivity index (χ4n) is 11.2. The molecule has 0 saturated heterocycles. The fraction of sp³-hybridized carbons (Fsp3) is 0.500. The summed E-state index contributed by atoms with van der Waals surface area (Å²) < 4.78 is 41.8. The molecule has 2 aliphatic carbocycles. The highest BCUT2D eigenvalue weighted by atomic mass is 19.1. The van der Waals surface area contributed by atoms with Gasteiger partial charge in [0, 0.05) is 43.7 Å². The monoisotopic (exact) mass is 1020 g/mol. The fourth-order valence-corrected chi connectivity index (χ4v) is 11.2. The molecule has 2 N–H and O–H groups in total. The number of hydrogen-bond donors (Lipinski definition) is 2. The number of carbonyl (C=O) groups excluding carboxylic acids is 1. The number of nitro benzene ring substituents is 1. The predicted octanol–water partition coefficient (Wildman–Crippen LogP) is 13.9. The second-order valence-corrected chi connectivity index (χ2v) is 19.9. The maximum atomic E-state index is 15.1. The minimum Gasteiger partial charge on any atom is -0.459 e. The molecular formula is C60H76FN3O10. The molecule has 1 amide bonds. The lowest BCUT2D eigenvalue weighted by Gasteiger charge is -2.59. The van der Waals surface area contributed by atoms with Gasteiger partial charge in [-0.25, -0.2) is 9.18 Å². The summed E-state index contributed by atoms with van der Waals surface area (Å²) in [4.78, 5) is 34.3. The standard InChI is InChI=1S/C60H76FN3O10/c1-3-5-6-7-8-9-10-11-12-20-37-70-59(67)63(42-44-28-30-47(61)31-29-44)56-41-54(62-72-43-45-22-14-13-15-23-45)52-38-46(24-16-18-34-65)51(27-17-19-35-66)57-53-40-50(73-49-26-21-25-48(39-49)64(68)69)32-33-55(53)74-60(56,58(52)57)71-36-4-2/h4,13-15,21-23,25-26,28-33,38-40,46,51,56-58,65-66H,2-3,5-12,16-20,24,27,34-37,41-43H2,1H3/t46-,51+,56-,57+,58+,60+/m0/s1. The number of nitrogens with zero attached hydrogens (tertiary/aromatic N) is 3. The van der Waals surface area contributed by atoms with E-state index >= 15 is 4.79 Å². The highest BCUT2D eigenvalue weighted by Gasteiger charge is 2.65. The SMILES string of the molecule is C=CCO[C@@]12Oc3ccc(Oc4cccc([N+](=O)[O-])c4)cc3[C@H]3[C@H](CCCCO)[C@@H](CCCCO)C=C(C(=NOCc4ccccc4)C[C@@H]1N(Cc1ccc(F)cc1)C(=O)OCCCCCCCCCCCC)[C@H]32. The van der Waals surface area contributed by atoms with Crippen molar-refractivity contribution in [1.29, 1.82) is 0 Å². The van der Waals surface area contributed by atoms with E-state index in [1.165, 1.54) is 62.8 Å². The van der Waals surface area contributed by atoms with Crippen LogP contribution in [0, 0.1) is 33.7 Å². The number of unbranched alkanes of at least 4 members (excludes halogenated alkanes) is 11. The van der Waals surface area contributed by atoms with E-state index in [1.54, 1.807) is 41.3 Å². The van der Waals surface area contributed by atoms with Crippen molar-refractivity contribution in [1.82, 2.24) is 4.90 Å². The lowest BCUT2D eigenvalue weighted by molar-refractivity contribution is -0.384. The molecular weight excluding hydrogens is 942 g/mol. The second-order valence-electron chi connectivity index (χ2n) is 19.9. The Morgan fingerprint density at radius 3 is 2.26 bits per heavy atom. The molecule has 1 heterocycles. The molecule has 4 aromatic rings. The van der Waals surface area contributed by atoms with E-state index in [0.29, 0.717) is 54.2 Å². The third-order valence-electron chi connectivity index (χ3n) is 14.8. The van der Waals surface area contributed by atoms with Gasteiger partial charge in [-0.2, -0.15) is 0 Å². The van der Waals surface area contributed by atoms with Crippen LogP contribution in [0.1, 0.15) is 139 Å². The van der Waals surface area contributed by atoms with E-state index in [9.17, 15) is 24.7 Å². The van der Waals surface area contributed by atoms with Crippen LogP contribution in [0.25, 0.3) is 0 Å². The van der Waals surface area contributed by atoms with Crippen LogP contribution in [0.2, 0.25) is 0 Å². The van der Waals surface area contributed by atoms with Crippen molar-refractivity contribution in [3.63, 3.8) is 0 Å². The molecule has 0 spiro atoms. The number of aliphatic hydroxyl groups excluding tert-OH is 2. The van der Waals surface area contributed by atoms with Crippen LogP contribution < -0.4 is 9.47 Å². The van der Waals surface area contributed by atoms with Gasteiger partial charge < -0.3 is 34.0 Å². The highest BCUT2D eigenvalue weighted by molar-refractivity contribution is 6.03. The lowest BCUT2D eigenvalue weighted by atomic mass is 9.55. The number of allylic oxidation sites excluding steroid dienone is 1. The maximum absolute atomic E-state index is 15.1. The summed E-state index contributed by atoms with van der Waals surface area (Å²) in [5.74, 6) is -1.84. The first kappa shape index (κ1) is 55.7. The molecule has 14 heteroatoms. The molecule has 7 rings (SSSR count). The first-order valence-electron chi connectivity index (χ1n) is 27.0. The van der Waals surface area contributed by atoms with Gasteiger partial charge in [0.2, 0.25) is 5.79 Å². The Hall–Kier alpha value is -6.09. The van der Waals surface area contributed by atoms with E-state index in [4.69, 9.17) is 28.9 Å². The topological polar surface area (TPSA) is 162 Å². The molecule has 3 aliphatic rings. The Morgan fingerprint density at radius 2 is 1.55 bits per heavy atom. The third-order valence-corrected chi connectivity index (χ3v) is 14.8. The maximum Gasteiger partial charge on any atom is 0.410 e. The van der Waals surface area contributed by atoms with Gasteiger partial charge in [-0.05, 0) is 97.0 Å². The number of oxime groups is 1. The number of amides is 1. The largest absolute Gasteiger partial charge is 0.459 e. The minimum absolute atomic E-state index is 0.0293. The van der Waals surface area contributed by atoms with Crippen LogP contribution in [0.4, 0.5) is 14.9 Å². The Kier molecular flexibility index (Phi) is 21.5. The molecule has 1 saturated carbocycles. The van der Waals surface area contributed by atoms with E-state index in [-0.39, 0.29) is 69.4 Å². The average molecular weight is 1020 g/mol. The van der Waals surface area contributed by atoms with Crippen molar-refractivity contribution in [2.24, 2.45) is 22.9 Å². The van der Waals surface area contributed by atoms with E-state index in [2.05, 4.69) is 19.6 Å². The first-order chi connectivity index (χ1) is 36.2. The summed E-state index contributed by atoms with van der Waals surface area (Å²) >= 11 is 0. The number of rotatable bonds is 31. The van der Waals surface area contributed by atoms with Gasteiger partial charge in [0.15, 0.2) is 0 Å². The Morgan fingerprint density at radius 1 is 0.851 bits per heavy atom. The zero-order valence-electron chi connectivity index (χ0n) is 43.1. The van der Waals surface area contributed by atoms with Gasteiger partial charge in [-0.1, -0.05) is 143 Å². The van der Waals surface area contributed by atoms with E-state index in [0.717, 1.165) is 55.2 Å². The van der Waals surface area contributed by atoms with Crippen LogP contribution in [-0.2, 0) is 27.5 Å². The predicted molar refractivity (Wildman–Crippen MR) is 284 cm³/mol. The minimum atomic E-state index is -1.58. The number of hydrogen-bond acceptors (Lipinski definition) is 11. The Balaban J connectivity index is 1.35. The molecule has 74 heavy (non-hydrogen) atoms. The smallest absolute Gasteiger partial charge is 0.410 e. The van der Waals surface area contributed by atoms with Crippen molar-refractivity contribution in [3.8, 4) is 17.2 Å². The number of carbonyl (C=O) groups is 1. The summed E-state index contributed by atoms with van der Waals surface area (Å²) in [5, 5.41) is 36.9. The van der Waals surface area contributed by atoms with Gasteiger partial charge >= 0.3 is 6.09 Å². The van der Waals surface area contributed by atoms with Gasteiger partial charge in [-0.15, -0.1) is 6.58 Å². The zero-order valence-corrected chi connectivity index (χ0v) is 43.1. The zero-order chi connectivity index (χ0) is 52.1. The molecule has 398 valence electrons. The molecule has 0 bridgehead atoms. The van der Waals surface area contributed by atoms with E-state index in [1.807, 2.05) is 42.5 Å². The summed E-state index contributed by atoms with van der Waals surface area (Å²) in [6.45, 7) is 6.86. The van der Waals surface area contributed by atoms with Gasteiger partial charge in [0.05, 0.1) is 35.8 Å². The number of ether oxygens (including phenoxy) is 4. The van der Waals surface area contributed by atoms with Crippen LogP contribution in [0.3, 0.4) is 0 Å². The van der Waals surface area contributed by atoms with Crippen LogP contribution in [0.15, 0.2) is 127 Å². The lowest BCUT2D eigenvalue weighted by Crippen LogP contribution is -2.70. The third kappa shape index (κ3) is 14.6. The van der Waals surface area contributed by atoms with E-state index < -0.39 is 34.6 Å². The summed E-state index contributed by atoms with van der Waals surface area (Å²) in [5.41, 5.74) is 3.78. The van der Waals surface area contributed by atoms with Crippen LogP contribution >= 0.6 is 0 Å². The van der Waals surface area contributed by atoms with Gasteiger partial charge in [-0.3, -0.25) is 15.0 Å². The number of halogens is 1. The van der Waals surface area contributed by atoms with Crippen molar-refractivity contribution >= 4 is 17.5 Å². The molecule has 0 radical (unpaired) electrons. The molecule has 0 aromatic heterocycles. The molecule has 0 unspecified atom stereocenters. The summed E-state index contributed by atoms with van der Waals surface area (Å²) in [6, 6.07) is 26.5. The second kappa shape index (κ2) is 28.5. The molecule has 6 atom stereocenters. The number of non-ortho nitro benzene ring substituents is 1. The summed E-state index contributed by atoms with van der Waals surface area (Å²) in [6.07, 6.45) is 19.0. The average Bonchev–Trinajstić information content (AvgIpc) is 3.45. The molecule has 4 aromatic carbocycles. The molecule has 1 fully saturated rings. The summed E-state index contributed by atoms with van der Waals surface area (Å²) in [7, 11) is 0. The van der Waals surface area contributed by atoms with Crippen molar-refractivity contribution in [3.05, 3.63) is 154 Å². The normalized spacial score (nSPS) is 21.2. The van der Waals surface area contributed by atoms with Gasteiger partial charge in [0.1, 0.15) is 35.7 Å². The highest BCUT2D eigenvalue weighted by Crippen LogP contribution is 2.62. The Labute approximate surface area is 436 Å². The van der Waals surface area contributed by atoms with Crippen LogP contribution in [-0.4, -0.2) is 70.1 Å². The Bertz CT molecular complexity index is 2470. The quantitative estimate of drug-likeness (QED) is 0.0215. The number of nitro groups is 1. The number of aliphatic hydroxyl groups is 2. The molecule has 1 aliphatic heterocycles. The van der Waals surface area contributed by atoms with Crippen molar-refractivity contribution in [2.75, 3.05) is 26.4 Å². The van der Waals surface area contributed by atoms with Gasteiger partial charge in [0.25, 0.3) is 5.69 Å². The first-order valence-corrected chi connectivity index (χ1v) is 27.0. The molecule has 13 nitrogen and oxygen atoms in total. The van der Waals surface area contributed by atoms with Crippen LogP contribution in [0.5, 0.6) is 17.2 Å². The van der Waals surface area contributed by atoms with Crippen molar-refractivity contribution in [2.45, 2.75) is 147 Å². The van der Waals surface area contributed by atoms with Crippen molar-refractivity contribution < 1.29 is 48.1 Å².